The van der Waals surface area contributed by atoms with Crippen LogP contribution >= 0.6 is 11.6 Å². The van der Waals surface area contributed by atoms with Crippen molar-refractivity contribution in [2.75, 3.05) is 13.7 Å². The minimum absolute atomic E-state index is 0.0611. The van der Waals surface area contributed by atoms with Crippen molar-refractivity contribution in [3.63, 3.8) is 0 Å². The Bertz CT molecular complexity index is 466. The maximum absolute atomic E-state index is 10.7. The number of carboxylic acid groups (broad SMARTS) is 1. The lowest BCUT2D eigenvalue weighted by Gasteiger charge is -2.12. The fourth-order valence-electron chi connectivity index (χ4n) is 1.21. The molecule has 0 radical (unpaired) electrons. The van der Waals surface area contributed by atoms with Gasteiger partial charge in [0.25, 0.3) is 0 Å². The van der Waals surface area contributed by atoms with E-state index in [1.54, 1.807) is 0 Å². The van der Waals surface area contributed by atoms with Crippen LogP contribution in [0.25, 0.3) is 0 Å². The number of carboxylic acids is 1. The monoisotopic (exact) mass is 274 g/mol. The molecule has 1 rings (SSSR count). The van der Waals surface area contributed by atoms with Crippen molar-refractivity contribution in [1.29, 1.82) is 0 Å². The first-order valence-electron chi connectivity index (χ1n) is 4.92. The Morgan fingerprint density at radius 3 is 2.83 bits per heavy atom. The van der Waals surface area contributed by atoms with Gasteiger partial charge in [-0.25, -0.2) is 0 Å². The van der Waals surface area contributed by atoms with Crippen molar-refractivity contribution in [2.45, 2.75) is 6.04 Å². The van der Waals surface area contributed by atoms with Crippen LogP contribution in [-0.2, 0) is 4.79 Å². The number of carbonyl (C=O) groups is 1. The molecule has 0 bridgehead atoms. The van der Waals surface area contributed by atoms with Crippen LogP contribution in [0, 0.1) is 10.1 Å². The summed E-state index contributed by atoms with van der Waals surface area (Å²) in [6, 6.07) is 2.88. The smallest absolute Gasteiger partial charge is 0.324 e. The lowest BCUT2D eigenvalue weighted by atomic mass is 10.3. The number of likely N-dealkylation sites (N-methyl/N-ethyl adjacent to an activating group) is 1. The van der Waals surface area contributed by atoms with Gasteiger partial charge in [0.15, 0.2) is 5.75 Å². The van der Waals surface area contributed by atoms with Crippen LogP contribution in [0.3, 0.4) is 0 Å². The molecule has 98 valence electrons. The number of benzene rings is 1. The molecule has 0 saturated heterocycles. The standard InChI is InChI=1S/C10H11ClN2O5/c1-12-7(10(14)15)5-18-9-4-6(11)2-3-8(9)13(16)17/h2-4,7,12H,5H2,1H3,(H,14,15). The van der Waals surface area contributed by atoms with Crippen LogP contribution in [0.1, 0.15) is 0 Å². The molecule has 0 fully saturated rings. The second-order valence-electron chi connectivity index (χ2n) is 3.36. The van der Waals surface area contributed by atoms with Gasteiger partial charge in [-0.05, 0) is 13.1 Å². The van der Waals surface area contributed by atoms with Crippen molar-refractivity contribution >= 4 is 23.3 Å². The summed E-state index contributed by atoms with van der Waals surface area (Å²) in [5.41, 5.74) is -0.264. The van der Waals surface area contributed by atoms with Gasteiger partial charge in [0.1, 0.15) is 12.6 Å². The number of nitro benzene ring substituents is 1. The molecule has 2 N–H and O–H groups in total. The zero-order valence-corrected chi connectivity index (χ0v) is 10.2. The van der Waals surface area contributed by atoms with E-state index in [2.05, 4.69) is 5.32 Å². The normalized spacial score (nSPS) is 11.9. The fraction of sp³-hybridized carbons (Fsp3) is 0.300. The highest BCUT2D eigenvalue weighted by Gasteiger charge is 2.20. The second kappa shape index (κ2) is 6.18. The number of nitro groups is 1. The molecule has 0 saturated carbocycles. The lowest BCUT2D eigenvalue weighted by Crippen LogP contribution is -2.39. The van der Waals surface area contributed by atoms with E-state index in [0.717, 1.165) is 0 Å². The first-order chi connectivity index (χ1) is 8.45. The first kappa shape index (κ1) is 14.2. The number of halogens is 1. The molecule has 1 aromatic carbocycles. The van der Waals surface area contributed by atoms with Crippen molar-refractivity contribution in [3.8, 4) is 5.75 Å². The Balaban J connectivity index is 2.86. The van der Waals surface area contributed by atoms with Crippen molar-refractivity contribution < 1.29 is 19.6 Å². The highest BCUT2D eigenvalue weighted by molar-refractivity contribution is 6.30. The van der Waals surface area contributed by atoms with E-state index in [-0.39, 0.29) is 23.1 Å². The van der Waals surface area contributed by atoms with Gasteiger partial charge in [0, 0.05) is 17.2 Å². The molecule has 0 aliphatic rings. The van der Waals surface area contributed by atoms with E-state index >= 15 is 0 Å². The molecule has 8 heteroatoms. The number of ether oxygens (including phenoxy) is 1. The maximum atomic E-state index is 10.7. The molecular weight excluding hydrogens is 264 g/mol. The SMILES string of the molecule is CNC(COc1cc(Cl)ccc1[N+](=O)[O-])C(=O)O. The summed E-state index contributed by atoms with van der Waals surface area (Å²) < 4.78 is 5.12. The first-order valence-corrected chi connectivity index (χ1v) is 5.30. The third kappa shape index (κ3) is 3.57. The fourth-order valence-corrected chi connectivity index (χ4v) is 1.37. The van der Waals surface area contributed by atoms with Crippen molar-refractivity contribution in [3.05, 3.63) is 33.3 Å². The average Bonchev–Trinajstić information content (AvgIpc) is 2.29. The van der Waals surface area contributed by atoms with Gasteiger partial charge in [0.2, 0.25) is 0 Å². The third-order valence-electron chi connectivity index (χ3n) is 2.17. The van der Waals surface area contributed by atoms with Gasteiger partial charge in [-0.3, -0.25) is 14.9 Å². The largest absolute Gasteiger partial charge is 0.484 e. The third-order valence-corrected chi connectivity index (χ3v) is 2.41. The summed E-state index contributed by atoms with van der Waals surface area (Å²) in [7, 11) is 1.45. The Morgan fingerprint density at radius 1 is 1.67 bits per heavy atom. The Morgan fingerprint density at radius 2 is 2.33 bits per heavy atom. The zero-order chi connectivity index (χ0) is 13.7. The molecule has 0 aliphatic carbocycles. The zero-order valence-electron chi connectivity index (χ0n) is 9.42. The number of hydrogen-bond donors (Lipinski definition) is 2. The van der Waals surface area contributed by atoms with E-state index in [4.69, 9.17) is 21.4 Å². The van der Waals surface area contributed by atoms with E-state index in [1.807, 2.05) is 0 Å². The van der Waals surface area contributed by atoms with Gasteiger partial charge >= 0.3 is 11.7 Å². The summed E-state index contributed by atoms with van der Waals surface area (Å²) >= 11 is 5.70. The summed E-state index contributed by atoms with van der Waals surface area (Å²) in [5.74, 6) is -1.17. The topological polar surface area (TPSA) is 102 Å². The van der Waals surface area contributed by atoms with Gasteiger partial charge in [-0.2, -0.15) is 0 Å². The van der Waals surface area contributed by atoms with Crippen molar-refractivity contribution in [1.82, 2.24) is 5.32 Å². The molecule has 1 unspecified atom stereocenters. The van der Waals surface area contributed by atoms with Crippen LogP contribution in [-0.4, -0.2) is 35.7 Å². The number of nitrogens with one attached hydrogen (secondary N) is 1. The second-order valence-corrected chi connectivity index (χ2v) is 3.80. The number of aliphatic carboxylic acids is 1. The molecule has 7 nitrogen and oxygen atoms in total. The lowest BCUT2D eigenvalue weighted by molar-refractivity contribution is -0.385. The maximum Gasteiger partial charge on any atom is 0.324 e. The van der Waals surface area contributed by atoms with Crippen LogP contribution in [0.2, 0.25) is 5.02 Å². The Kier molecular flexibility index (Phi) is 4.87. The quantitative estimate of drug-likeness (QED) is 0.599. The van der Waals surface area contributed by atoms with E-state index in [9.17, 15) is 14.9 Å². The summed E-state index contributed by atoms with van der Waals surface area (Å²) in [5, 5.41) is 22.3. The molecule has 1 atom stereocenters. The van der Waals surface area contributed by atoms with Gasteiger partial charge in [0.05, 0.1) is 4.92 Å². The summed E-state index contributed by atoms with van der Waals surface area (Å²) in [6.45, 7) is -0.243. The molecule has 0 amide bonds. The number of hydrogen-bond acceptors (Lipinski definition) is 5. The van der Waals surface area contributed by atoms with Crippen LogP contribution in [0.5, 0.6) is 5.75 Å². The minimum atomic E-state index is -1.11. The van der Waals surface area contributed by atoms with Gasteiger partial charge < -0.3 is 15.2 Å². The molecule has 1 aromatic rings. The van der Waals surface area contributed by atoms with E-state index < -0.39 is 16.9 Å². The molecule has 0 heterocycles. The molecule has 0 aliphatic heterocycles. The Labute approximate surface area is 107 Å². The molecule has 0 spiro atoms. The Hall–Kier alpha value is -1.86. The number of nitrogens with zero attached hydrogens (tertiary/aromatic N) is 1. The van der Waals surface area contributed by atoms with Gasteiger partial charge in [-0.1, -0.05) is 11.6 Å². The highest BCUT2D eigenvalue weighted by atomic mass is 35.5. The van der Waals surface area contributed by atoms with Crippen LogP contribution in [0.15, 0.2) is 18.2 Å². The van der Waals surface area contributed by atoms with E-state index in [1.165, 1.54) is 25.2 Å². The average molecular weight is 275 g/mol. The van der Waals surface area contributed by atoms with Crippen molar-refractivity contribution in [2.24, 2.45) is 0 Å². The minimum Gasteiger partial charge on any atom is -0.484 e. The number of rotatable bonds is 6. The molecular formula is C10H11ClN2O5. The predicted molar refractivity (Wildman–Crippen MR) is 64.1 cm³/mol. The van der Waals surface area contributed by atoms with E-state index in [0.29, 0.717) is 0 Å². The predicted octanol–water partition coefficient (Wildman–Crippen LogP) is 1.30. The molecule has 18 heavy (non-hydrogen) atoms. The highest BCUT2D eigenvalue weighted by Crippen LogP contribution is 2.29. The summed E-state index contributed by atoms with van der Waals surface area (Å²) in [4.78, 5) is 20.8. The van der Waals surface area contributed by atoms with Gasteiger partial charge in [-0.15, -0.1) is 0 Å². The van der Waals surface area contributed by atoms with Crippen LogP contribution in [0.4, 0.5) is 5.69 Å². The summed E-state index contributed by atoms with van der Waals surface area (Å²) in [6.07, 6.45) is 0. The van der Waals surface area contributed by atoms with Crippen LogP contribution < -0.4 is 10.1 Å². The molecule has 0 aromatic heterocycles.